The summed E-state index contributed by atoms with van der Waals surface area (Å²) < 4.78 is 31.6. The van der Waals surface area contributed by atoms with Crippen molar-refractivity contribution >= 4 is 59.3 Å². The van der Waals surface area contributed by atoms with Gasteiger partial charge in [0.05, 0.1) is 0 Å². The van der Waals surface area contributed by atoms with Gasteiger partial charge in [-0.15, -0.1) is 0 Å². The molecule has 7 heteroatoms. The van der Waals surface area contributed by atoms with E-state index in [2.05, 4.69) is 0 Å². The van der Waals surface area contributed by atoms with Crippen molar-refractivity contribution in [2.45, 2.75) is 0 Å². The number of hydrogen-bond acceptors (Lipinski definition) is 2. The van der Waals surface area contributed by atoms with Gasteiger partial charge >= 0.3 is 59.3 Å². The van der Waals surface area contributed by atoms with Crippen LogP contribution in [0.3, 0.4) is 0 Å². The van der Waals surface area contributed by atoms with Gasteiger partial charge in [-0.3, -0.25) is 9.11 Å². The molecule has 0 spiro atoms. The van der Waals surface area contributed by atoms with Crippen LogP contribution in [-0.2, 0) is 37.7 Å². The Kier molecular flexibility index (Phi) is 15.0. The minimum atomic E-state index is -4.67. The van der Waals surface area contributed by atoms with Gasteiger partial charge in [-0.25, -0.2) is 0 Å². The average Bonchev–Trinajstić information content (AvgIpc) is 0.722. The second-order valence-electron chi connectivity index (χ2n) is 0.448. The maximum Gasteiger partial charge on any atom is 0 e. The Morgan fingerprint density at radius 2 is 1.14 bits per heavy atom. The quantitative estimate of drug-likeness (QED) is 0.409. The molecule has 0 aliphatic rings. The van der Waals surface area contributed by atoms with Crippen molar-refractivity contribution in [3.63, 3.8) is 0 Å². The standard InChI is InChI=1S/Ba.Cd.H2O4S.2H/c;;1-5(2,3)4;;/h;;(H2,1,2,3,4);;. The third-order valence-electron chi connectivity index (χ3n) is 0. The Balaban J connectivity index is -0.0000000800. The van der Waals surface area contributed by atoms with E-state index >= 15 is 0 Å². The molecule has 0 aliphatic heterocycles. The van der Waals surface area contributed by atoms with Crippen LogP contribution in [0.1, 0.15) is 0 Å². The molecule has 0 radical (unpaired) electrons. The largest absolute Gasteiger partial charge is 0 e. The van der Waals surface area contributed by atoms with Crippen LogP contribution in [0.15, 0.2) is 0 Å². The molecule has 0 unspecified atom stereocenters. The molecule has 0 saturated heterocycles. The molecule has 0 amide bonds. The monoisotopic (exact) mass is 352 g/mol. The minimum Gasteiger partial charge on any atom is 0 e. The molecule has 0 heterocycles. The Morgan fingerprint density at radius 1 is 1.14 bits per heavy atom. The smallest absolute Gasteiger partial charge is 0 e. The minimum absolute atomic E-state index is 0. The summed E-state index contributed by atoms with van der Waals surface area (Å²) in [4.78, 5) is 0. The van der Waals surface area contributed by atoms with E-state index in [1.807, 2.05) is 0 Å². The second-order valence-corrected chi connectivity index (χ2v) is 1.34. The molecular weight excluding hydrogens is 346 g/mol. The third-order valence-corrected chi connectivity index (χ3v) is 0. The molecule has 0 aromatic heterocycles. The van der Waals surface area contributed by atoms with Gasteiger partial charge in [0.25, 0.3) is 0 Å². The fourth-order valence-corrected chi connectivity index (χ4v) is 0. The van der Waals surface area contributed by atoms with Gasteiger partial charge in [0, 0.05) is 27.3 Å². The summed E-state index contributed by atoms with van der Waals surface area (Å²) >= 11 is 0. The fraction of sp³-hybridized carbons (Fsp3) is 0. The Labute approximate surface area is 102 Å². The third kappa shape index (κ3) is 60.6. The first-order chi connectivity index (χ1) is 2.00. The molecule has 0 fully saturated rings. The van der Waals surface area contributed by atoms with Gasteiger partial charge in [-0.1, -0.05) is 0 Å². The molecule has 0 aliphatic carbocycles. The van der Waals surface area contributed by atoms with Gasteiger partial charge in [0.15, 0.2) is 0 Å². The van der Waals surface area contributed by atoms with E-state index in [1.54, 1.807) is 0 Å². The van der Waals surface area contributed by atoms with E-state index < -0.39 is 10.4 Å². The van der Waals surface area contributed by atoms with E-state index in [9.17, 15) is 0 Å². The zero-order valence-electron chi connectivity index (χ0n) is 2.83. The molecule has 0 saturated carbocycles. The molecule has 38 valence electrons. The summed E-state index contributed by atoms with van der Waals surface area (Å²) in [6.45, 7) is 0. The first-order valence-electron chi connectivity index (χ1n) is 0.698. The molecule has 0 rings (SSSR count). The summed E-state index contributed by atoms with van der Waals surface area (Å²) in [7, 11) is -4.67. The first kappa shape index (κ1) is 16.2. The van der Waals surface area contributed by atoms with Crippen LogP contribution in [0.4, 0.5) is 0 Å². The fourth-order valence-electron chi connectivity index (χ4n) is 0. The van der Waals surface area contributed by atoms with Crippen molar-refractivity contribution in [3.8, 4) is 0 Å². The Morgan fingerprint density at radius 3 is 1.14 bits per heavy atom. The van der Waals surface area contributed by atoms with Crippen LogP contribution in [0.25, 0.3) is 0 Å². The van der Waals surface area contributed by atoms with Crippen LogP contribution < -0.4 is 0 Å². The van der Waals surface area contributed by atoms with Gasteiger partial charge in [-0.05, 0) is 0 Å². The molecule has 0 aromatic rings. The molecule has 2 N–H and O–H groups in total. The summed E-state index contributed by atoms with van der Waals surface area (Å²) in [6.07, 6.45) is 0. The molecule has 0 atom stereocenters. The average molecular weight is 350 g/mol. The maximum atomic E-state index is 8.74. The van der Waals surface area contributed by atoms with Crippen molar-refractivity contribution in [1.29, 1.82) is 0 Å². The molecular formula is H4BaCdO4S. The van der Waals surface area contributed by atoms with Gasteiger partial charge in [-0.2, -0.15) is 8.42 Å². The number of rotatable bonds is 0. The summed E-state index contributed by atoms with van der Waals surface area (Å²) in [6, 6.07) is 0. The first-order valence-corrected chi connectivity index (χ1v) is 2.10. The zero-order chi connectivity index (χ0) is 4.50. The predicted molar refractivity (Wildman–Crippen MR) is 22.7 cm³/mol. The molecule has 0 bridgehead atoms. The van der Waals surface area contributed by atoms with Crippen molar-refractivity contribution < 1.29 is 44.8 Å². The van der Waals surface area contributed by atoms with E-state index in [0.717, 1.165) is 0 Å². The molecule has 0 aromatic carbocycles. The molecule has 7 heavy (non-hydrogen) atoms. The summed E-state index contributed by atoms with van der Waals surface area (Å²) in [5.41, 5.74) is 0. The van der Waals surface area contributed by atoms with E-state index in [1.165, 1.54) is 0 Å². The number of hydrogen-bond donors (Lipinski definition) is 2. The van der Waals surface area contributed by atoms with Gasteiger partial charge < -0.3 is 0 Å². The van der Waals surface area contributed by atoms with Crippen molar-refractivity contribution in [1.82, 2.24) is 0 Å². The topological polar surface area (TPSA) is 74.6 Å². The van der Waals surface area contributed by atoms with E-state index in [4.69, 9.17) is 17.5 Å². The van der Waals surface area contributed by atoms with Gasteiger partial charge in [0.1, 0.15) is 0 Å². The van der Waals surface area contributed by atoms with E-state index in [-0.39, 0.29) is 76.2 Å². The van der Waals surface area contributed by atoms with Crippen molar-refractivity contribution in [3.05, 3.63) is 0 Å². The Bertz CT molecular complexity index is 94.9. The summed E-state index contributed by atoms with van der Waals surface area (Å²) in [5, 5.41) is 0. The predicted octanol–water partition coefficient (Wildman–Crippen LogP) is -1.57. The van der Waals surface area contributed by atoms with Crippen LogP contribution in [0.5, 0.6) is 0 Å². The normalized spacial score (nSPS) is 8.29. The van der Waals surface area contributed by atoms with Crippen molar-refractivity contribution in [2.24, 2.45) is 0 Å². The van der Waals surface area contributed by atoms with E-state index in [0.29, 0.717) is 0 Å². The maximum absolute atomic E-state index is 8.74. The summed E-state index contributed by atoms with van der Waals surface area (Å²) in [5.74, 6) is 0. The van der Waals surface area contributed by atoms with Gasteiger partial charge in [0.2, 0.25) is 0 Å². The second kappa shape index (κ2) is 6.48. The Hall–Kier alpha value is 2.36. The zero-order valence-corrected chi connectivity index (χ0v) is 7.68. The van der Waals surface area contributed by atoms with Crippen LogP contribution >= 0.6 is 0 Å². The SMILES string of the molecule is O=S(=O)(O)O.[BaH2].[Cd]. The van der Waals surface area contributed by atoms with Crippen LogP contribution in [0.2, 0.25) is 0 Å². The van der Waals surface area contributed by atoms with Crippen LogP contribution in [0, 0.1) is 0 Å². The molecule has 4 nitrogen and oxygen atoms in total. The van der Waals surface area contributed by atoms with Crippen molar-refractivity contribution in [2.75, 3.05) is 0 Å². The van der Waals surface area contributed by atoms with Crippen LogP contribution in [-0.4, -0.2) is 66.4 Å².